The van der Waals surface area contributed by atoms with E-state index in [9.17, 15) is 19.2 Å². The molecule has 1 aromatic carbocycles. The summed E-state index contributed by atoms with van der Waals surface area (Å²) in [6, 6.07) is 4.34. The Bertz CT molecular complexity index is 2050. The van der Waals surface area contributed by atoms with Gasteiger partial charge in [-0.3, -0.25) is 19.1 Å². The third kappa shape index (κ3) is 5.37. The van der Waals surface area contributed by atoms with Crippen LogP contribution >= 0.6 is 23.2 Å². The second-order valence-electron chi connectivity index (χ2n) is 11.8. The standard InChI is InChI=1S/C33H30Cl2F3N7O2/c1-7-21(46)44-16(5)12-43(13-17(44)6)31-18-10-20(34)29(22-24(36)23(35)26(38)27(40)25(22)37)42-32(18)45(33(47)19(31)11-39)30-15(4)8-9-41-28(30)14(2)3/h7-10,14,16-17H,1,12-13,40H2,2-6H3/t16-,17+. The number of benzene rings is 1. The lowest BCUT2D eigenvalue weighted by Crippen LogP contribution is -2.58. The van der Waals surface area contributed by atoms with Crippen LogP contribution in [-0.2, 0) is 4.79 Å². The number of carbonyl (C=O) groups is 1. The first kappa shape index (κ1) is 33.8. The van der Waals surface area contributed by atoms with E-state index in [1.165, 1.54) is 16.7 Å². The van der Waals surface area contributed by atoms with Crippen LogP contribution in [0.4, 0.5) is 24.5 Å². The lowest BCUT2D eigenvalue weighted by Gasteiger charge is -2.45. The predicted octanol–water partition coefficient (Wildman–Crippen LogP) is 6.67. The summed E-state index contributed by atoms with van der Waals surface area (Å²) in [7, 11) is 0. The van der Waals surface area contributed by atoms with Crippen molar-refractivity contribution < 1.29 is 18.0 Å². The van der Waals surface area contributed by atoms with Crippen LogP contribution < -0.4 is 16.2 Å². The van der Waals surface area contributed by atoms with Crippen molar-refractivity contribution in [3.05, 3.63) is 85.7 Å². The van der Waals surface area contributed by atoms with Crippen LogP contribution in [0.2, 0.25) is 10.0 Å². The van der Waals surface area contributed by atoms with Crippen LogP contribution in [-0.4, -0.2) is 50.5 Å². The van der Waals surface area contributed by atoms with Gasteiger partial charge in [0.2, 0.25) is 5.91 Å². The number of aromatic nitrogens is 3. The highest BCUT2D eigenvalue weighted by Gasteiger charge is 2.36. The van der Waals surface area contributed by atoms with Crippen molar-refractivity contribution >= 4 is 51.5 Å². The molecule has 0 aliphatic carbocycles. The summed E-state index contributed by atoms with van der Waals surface area (Å²) >= 11 is 12.5. The van der Waals surface area contributed by atoms with E-state index in [0.717, 1.165) is 0 Å². The first-order valence-corrected chi connectivity index (χ1v) is 15.4. The van der Waals surface area contributed by atoms with Gasteiger partial charge < -0.3 is 15.5 Å². The quantitative estimate of drug-likeness (QED) is 0.108. The molecule has 1 saturated heterocycles. The fraction of sp³-hybridized carbons (Fsp3) is 0.303. The van der Waals surface area contributed by atoms with E-state index in [-0.39, 0.29) is 64.3 Å². The maximum Gasteiger partial charge on any atom is 0.276 e. The monoisotopic (exact) mass is 683 g/mol. The number of fused-ring (bicyclic) bond motifs is 1. The van der Waals surface area contributed by atoms with Gasteiger partial charge in [0.25, 0.3) is 5.56 Å². The maximum atomic E-state index is 15.5. The van der Waals surface area contributed by atoms with Gasteiger partial charge in [0.15, 0.2) is 17.5 Å². The van der Waals surface area contributed by atoms with Crippen LogP contribution in [0.25, 0.3) is 28.0 Å². The number of nitriles is 1. The van der Waals surface area contributed by atoms with Gasteiger partial charge in [-0.2, -0.15) is 5.26 Å². The Morgan fingerprint density at radius 2 is 1.79 bits per heavy atom. The van der Waals surface area contributed by atoms with Gasteiger partial charge in [-0.15, -0.1) is 0 Å². The summed E-state index contributed by atoms with van der Waals surface area (Å²) in [6.07, 6.45) is 2.80. The van der Waals surface area contributed by atoms with E-state index in [2.05, 4.69) is 22.6 Å². The molecule has 0 unspecified atom stereocenters. The van der Waals surface area contributed by atoms with Crippen molar-refractivity contribution in [3.63, 3.8) is 0 Å². The van der Waals surface area contributed by atoms with Gasteiger partial charge in [0.1, 0.15) is 28.0 Å². The molecule has 1 aliphatic rings. The molecule has 0 bridgehead atoms. The highest BCUT2D eigenvalue weighted by Crippen LogP contribution is 2.42. The Hall–Kier alpha value is -4.60. The molecule has 5 rings (SSSR count). The fourth-order valence-corrected chi connectivity index (χ4v) is 6.71. The van der Waals surface area contributed by atoms with Gasteiger partial charge >= 0.3 is 0 Å². The van der Waals surface area contributed by atoms with Gasteiger partial charge in [0.05, 0.1) is 33.3 Å². The van der Waals surface area contributed by atoms with Crippen molar-refractivity contribution in [2.45, 2.75) is 52.6 Å². The highest BCUT2D eigenvalue weighted by atomic mass is 35.5. The van der Waals surface area contributed by atoms with E-state index in [1.54, 1.807) is 29.0 Å². The largest absolute Gasteiger partial charge is 0.394 e. The summed E-state index contributed by atoms with van der Waals surface area (Å²) in [5, 5.41) is 9.34. The number of anilines is 2. The highest BCUT2D eigenvalue weighted by molar-refractivity contribution is 6.34. The molecule has 0 spiro atoms. The minimum absolute atomic E-state index is 0.107. The topological polar surface area (TPSA) is 121 Å². The molecule has 14 heteroatoms. The number of hydrogen-bond donors (Lipinski definition) is 1. The van der Waals surface area contributed by atoms with Crippen molar-refractivity contribution in [3.8, 4) is 23.0 Å². The number of piperazine rings is 1. The number of halogens is 5. The fourth-order valence-electron chi connectivity index (χ4n) is 6.27. The number of rotatable bonds is 5. The Morgan fingerprint density at radius 1 is 1.15 bits per heavy atom. The molecule has 0 radical (unpaired) electrons. The Labute approximate surface area is 278 Å². The summed E-state index contributed by atoms with van der Waals surface area (Å²) in [4.78, 5) is 39.6. The van der Waals surface area contributed by atoms with E-state index in [1.807, 2.05) is 27.7 Å². The van der Waals surface area contributed by atoms with Gasteiger partial charge in [-0.25, -0.2) is 18.2 Å². The Kier molecular flexibility index (Phi) is 9.01. The van der Waals surface area contributed by atoms with Crippen LogP contribution in [0.3, 0.4) is 0 Å². The molecule has 9 nitrogen and oxygen atoms in total. The van der Waals surface area contributed by atoms with Crippen LogP contribution in [0.15, 0.2) is 35.8 Å². The SMILES string of the molecule is C=CC(=O)N1[C@H](C)CN(c2c(C#N)c(=O)n(-c3c(C)ccnc3C(C)C)c3nc(-c4c(F)c(N)c(F)c(Cl)c4F)c(Cl)cc23)C[C@@H]1C. The van der Waals surface area contributed by atoms with Gasteiger partial charge in [0, 0.05) is 36.8 Å². The number of amides is 1. The third-order valence-electron chi connectivity index (χ3n) is 8.31. The lowest BCUT2D eigenvalue weighted by atomic mass is 10.0. The zero-order valence-electron chi connectivity index (χ0n) is 26.1. The van der Waals surface area contributed by atoms with Crippen molar-refractivity contribution in [2.75, 3.05) is 23.7 Å². The zero-order chi connectivity index (χ0) is 34.6. The number of nitrogen functional groups attached to an aromatic ring is 1. The van der Waals surface area contributed by atoms with Gasteiger partial charge in [-0.1, -0.05) is 43.6 Å². The van der Waals surface area contributed by atoms with Crippen molar-refractivity contribution in [2.24, 2.45) is 0 Å². The molecule has 47 heavy (non-hydrogen) atoms. The molecule has 3 aromatic heterocycles. The third-order valence-corrected chi connectivity index (χ3v) is 8.93. The summed E-state index contributed by atoms with van der Waals surface area (Å²) in [5.41, 5.74) is 3.64. The van der Waals surface area contributed by atoms with E-state index < -0.39 is 45.0 Å². The molecule has 2 N–H and O–H groups in total. The molecule has 1 aliphatic heterocycles. The van der Waals surface area contributed by atoms with Crippen LogP contribution in [0, 0.1) is 35.7 Å². The minimum Gasteiger partial charge on any atom is -0.394 e. The Balaban J connectivity index is 1.95. The van der Waals surface area contributed by atoms with Crippen molar-refractivity contribution in [1.29, 1.82) is 5.26 Å². The second kappa shape index (κ2) is 12.5. The molecule has 1 amide bonds. The zero-order valence-corrected chi connectivity index (χ0v) is 27.6. The van der Waals surface area contributed by atoms with Crippen LogP contribution in [0.1, 0.15) is 50.4 Å². The molecule has 4 heterocycles. The minimum atomic E-state index is -1.49. The molecule has 244 valence electrons. The van der Waals surface area contributed by atoms with E-state index >= 15 is 8.78 Å². The maximum absolute atomic E-state index is 15.5. The van der Waals surface area contributed by atoms with Crippen molar-refractivity contribution in [1.82, 2.24) is 19.4 Å². The lowest BCUT2D eigenvalue weighted by molar-refractivity contribution is -0.130. The first-order chi connectivity index (χ1) is 22.2. The number of nitrogens with two attached hydrogens (primary N) is 1. The molecular formula is C33H30Cl2F3N7O2. The second-order valence-corrected chi connectivity index (χ2v) is 12.6. The van der Waals surface area contributed by atoms with E-state index in [0.29, 0.717) is 16.9 Å². The molecule has 2 atom stereocenters. The number of aryl methyl sites for hydroxylation is 1. The summed E-state index contributed by atoms with van der Waals surface area (Å²) in [5.74, 6) is -4.92. The molecule has 1 fully saturated rings. The number of nitrogens with zero attached hydrogens (tertiary/aromatic N) is 6. The van der Waals surface area contributed by atoms with Crippen LogP contribution in [0.5, 0.6) is 0 Å². The predicted molar refractivity (Wildman–Crippen MR) is 177 cm³/mol. The molecule has 4 aromatic rings. The number of carbonyl (C=O) groups excluding carboxylic acids is 1. The normalized spacial score (nSPS) is 16.6. The van der Waals surface area contributed by atoms with E-state index in [4.69, 9.17) is 28.9 Å². The number of pyridine rings is 3. The molecule has 0 saturated carbocycles. The first-order valence-electron chi connectivity index (χ1n) is 14.6. The molecular weight excluding hydrogens is 654 g/mol. The average Bonchev–Trinajstić information content (AvgIpc) is 3.02. The average molecular weight is 685 g/mol. The summed E-state index contributed by atoms with van der Waals surface area (Å²) in [6.45, 7) is 13.2. The Morgan fingerprint density at radius 3 is 2.36 bits per heavy atom. The number of hydrogen-bond acceptors (Lipinski definition) is 7. The summed E-state index contributed by atoms with van der Waals surface area (Å²) < 4.78 is 46.5. The van der Waals surface area contributed by atoms with Gasteiger partial charge in [-0.05, 0) is 50.5 Å². The smallest absolute Gasteiger partial charge is 0.276 e.